The number of hydrogen-bond donors (Lipinski definition) is 2. The normalized spacial score (nSPS) is 14.3. The van der Waals surface area contributed by atoms with E-state index in [2.05, 4.69) is 0 Å². The van der Waals surface area contributed by atoms with Crippen LogP contribution in [0.1, 0.15) is 6.92 Å². The van der Waals surface area contributed by atoms with Crippen LogP contribution in [0.15, 0.2) is 0 Å². The van der Waals surface area contributed by atoms with Crippen molar-refractivity contribution in [3.8, 4) is 0 Å². The molecule has 0 amide bonds. The number of halogens is 3. The molecule has 72 valence electrons. The zero-order chi connectivity index (χ0) is 9.78. The van der Waals surface area contributed by atoms with Crippen molar-refractivity contribution in [1.82, 2.24) is 5.32 Å². The van der Waals surface area contributed by atoms with Gasteiger partial charge in [-0.1, -0.05) is 0 Å². The molecule has 1 atom stereocenters. The minimum absolute atomic E-state index is 0.754. The summed E-state index contributed by atoms with van der Waals surface area (Å²) < 4.78 is 36.2. The summed E-state index contributed by atoms with van der Waals surface area (Å²) in [6.45, 7) is -0.513. The lowest BCUT2D eigenvalue weighted by molar-refractivity contribution is -0.164. The first-order valence-electron chi connectivity index (χ1n) is 3.30. The Labute approximate surface area is 67.6 Å². The standard InChI is InChI=1S/C6H10F3NO2/c1-4(2-7)10-3-6(8,9)5(11)12/h4,10H,2-3H2,1H3,(H,11,12). The molecule has 0 saturated carbocycles. The molecule has 2 N–H and O–H groups in total. The minimum Gasteiger partial charge on any atom is -0.477 e. The molecule has 1 unspecified atom stereocenters. The molecule has 0 aliphatic rings. The molecular formula is C6H10F3NO2. The Bertz CT molecular complexity index is 163. The fraction of sp³-hybridized carbons (Fsp3) is 0.833. The highest BCUT2D eigenvalue weighted by atomic mass is 19.3. The van der Waals surface area contributed by atoms with Crippen LogP contribution in [0, 0.1) is 0 Å². The molecular weight excluding hydrogens is 175 g/mol. The Morgan fingerprint density at radius 2 is 2.17 bits per heavy atom. The van der Waals surface area contributed by atoms with E-state index >= 15 is 0 Å². The van der Waals surface area contributed by atoms with E-state index < -0.39 is 31.2 Å². The van der Waals surface area contributed by atoms with Crippen LogP contribution in [-0.2, 0) is 4.79 Å². The SMILES string of the molecule is CC(CF)NCC(F)(F)C(=O)O. The van der Waals surface area contributed by atoms with Crippen molar-refractivity contribution in [2.24, 2.45) is 0 Å². The fourth-order valence-electron chi connectivity index (χ4n) is 0.433. The Morgan fingerprint density at radius 1 is 1.67 bits per heavy atom. The summed E-state index contributed by atoms with van der Waals surface area (Å²) in [6, 6.07) is -0.754. The molecule has 0 aliphatic heterocycles. The Morgan fingerprint density at radius 3 is 2.50 bits per heavy atom. The van der Waals surface area contributed by atoms with Gasteiger partial charge in [0.2, 0.25) is 0 Å². The lowest BCUT2D eigenvalue weighted by atomic mass is 10.3. The van der Waals surface area contributed by atoms with E-state index in [0.29, 0.717) is 0 Å². The zero-order valence-corrected chi connectivity index (χ0v) is 6.48. The van der Waals surface area contributed by atoms with Gasteiger partial charge in [0, 0.05) is 6.04 Å². The highest BCUT2D eigenvalue weighted by molar-refractivity contribution is 5.75. The molecule has 0 spiro atoms. The molecule has 0 fully saturated rings. The first-order valence-corrected chi connectivity index (χ1v) is 3.30. The van der Waals surface area contributed by atoms with E-state index in [1.54, 1.807) is 0 Å². The predicted molar refractivity (Wildman–Crippen MR) is 36.0 cm³/mol. The average molecular weight is 185 g/mol. The number of alkyl halides is 3. The summed E-state index contributed by atoms with van der Waals surface area (Å²) in [6.07, 6.45) is 0. The maximum Gasteiger partial charge on any atom is 0.375 e. The minimum atomic E-state index is -3.83. The second-order valence-electron chi connectivity index (χ2n) is 2.45. The van der Waals surface area contributed by atoms with Crippen LogP contribution in [0.25, 0.3) is 0 Å². The molecule has 0 radical (unpaired) electrons. The first-order chi connectivity index (χ1) is 5.40. The third kappa shape index (κ3) is 3.56. The van der Waals surface area contributed by atoms with Crippen LogP contribution in [-0.4, -0.2) is 36.3 Å². The number of carboxylic acid groups (broad SMARTS) is 1. The number of carbonyl (C=O) groups is 1. The number of rotatable bonds is 5. The highest BCUT2D eigenvalue weighted by Crippen LogP contribution is 2.11. The molecule has 0 aliphatic carbocycles. The third-order valence-electron chi connectivity index (χ3n) is 1.22. The van der Waals surface area contributed by atoms with Crippen molar-refractivity contribution in [3.05, 3.63) is 0 Å². The zero-order valence-electron chi connectivity index (χ0n) is 6.48. The second-order valence-corrected chi connectivity index (χ2v) is 2.45. The maximum absolute atomic E-state index is 12.3. The van der Waals surface area contributed by atoms with E-state index in [9.17, 15) is 18.0 Å². The van der Waals surface area contributed by atoms with E-state index in [1.807, 2.05) is 5.32 Å². The molecule has 0 aromatic heterocycles. The molecule has 0 aromatic rings. The van der Waals surface area contributed by atoms with Gasteiger partial charge in [0.05, 0.1) is 6.54 Å². The number of nitrogens with one attached hydrogen (secondary N) is 1. The van der Waals surface area contributed by atoms with Gasteiger partial charge in [-0.25, -0.2) is 9.18 Å². The molecule has 0 saturated heterocycles. The highest BCUT2D eigenvalue weighted by Gasteiger charge is 2.38. The van der Waals surface area contributed by atoms with E-state index in [1.165, 1.54) is 6.92 Å². The maximum atomic E-state index is 12.3. The summed E-state index contributed by atoms with van der Waals surface area (Å²) in [7, 11) is 0. The van der Waals surface area contributed by atoms with Crippen molar-refractivity contribution in [1.29, 1.82) is 0 Å². The Hall–Kier alpha value is -0.780. The van der Waals surface area contributed by atoms with Gasteiger partial charge < -0.3 is 10.4 Å². The number of aliphatic carboxylic acids is 1. The van der Waals surface area contributed by atoms with Crippen LogP contribution >= 0.6 is 0 Å². The van der Waals surface area contributed by atoms with Crippen molar-refractivity contribution in [2.45, 2.75) is 18.9 Å². The molecule has 6 heteroatoms. The second kappa shape index (κ2) is 4.30. The van der Waals surface area contributed by atoms with E-state index in [4.69, 9.17) is 5.11 Å². The lowest BCUT2D eigenvalue weighted by Crippen LogP contribution is -2.43. The molecule has 12 heavy (non-hydrogen) atoms. The lowest BCUT2D eigenvalue weighted by Gasteiger charge is -2.14. The van der Waals surface area contributed by atoms with Gasteiger partial charge in [-0.15, -0.1) is 0 Å². The van der Waals surface area contributed by atoms with Gasteiger partial charge >= 0.3 is 11.9 Å². The van der Waals surface area contributed by atoms with Crippen molar-refractivity contribution < 1.29 is 23.1 Å². The molecule has 0 rings (SSSR count). The Balaban J connectivity index is 3.83. The van der Waals surface area contributed by atoms with E-state index in [0.717, 1.165) is 0 Å². The summed E-state index contributed by atoms with van der Waals surface area (Å²) in [4.78, 5) is 9.84. The summed E-state index contributed by atoms with van der Waals surface area (Å²) in [5, 5.41) is 9.99. The molecule has 0 heterocycles. The van der Waals surface area contributed by atoms with E-state index in [-0.39, 0.29) is 0 Å². The monoisotopic (exact) mass is 185 g/mol. The summed E-state index contributed by atoms with van der Waals surface area (Å²) >= 11 is 0. The quantitative estimate of drug-likeness (QED) is 0.661. The third-order valence-corrected chi connectivity index (χ3v) is 1.22. The number of carboxylic acids is 1. The predicted octanol–water partition coefficient (Wildman–Crippen LogP) is 0.654. The van der Waals surface area contributed by atoms with Gasteiger partial charge in [-0.2, -0.15) is 8.78 Å². The summed E-state index contributed by atoms with van der Waals surface area (Å²) in [5.41, 5.74) is 0. The topological polar surface area (TPSA) is 49.3 Å². The number of hydrogen-bond acceptors (Lipinski definition) is 2. The largest absolute Gasteiger partial charge is 0.477 e. The van der Waals surface area contributed by atoms with Gasteiger partial charge in [-0.05, 0) is 6.92 Å². The summed E-state index contributed by atoms with van der Waals surface area (Å²) in [5.74, 6) is -6.04. The molecule has 0 aromatic carbocycles. The van der Waals surface area contributed by atoms with Crippen molar-refractivity contribution >= 4 is 5.97 Å². The smallest absolute Gasteiger partial charge is 0.375 e. The fourth-order valence-corrected chi connectivity index (χ4v) is 0.433. The first kappa shape index (κ1) is 11.2. The van der Waals surface area contributed by atoms with Gasteiger partial charge in [-0.3, -0.25) is 0 Å². The van der Waals surface area contributed by atoms with Gasteiger partial charge in [0.25, 0.3) is 0 Å². The van der Waals surface area contributed by atoms with Gasteiger partial charge in [0.15, 0.2) is 0 Å². The molecule has 0 bridgehead atoms. The van der Waals surface area contributed by atoms with Crippen LogP contribution in [0.3, 0.4) is 0 Å². The molecule has 3 nitrogen and oxygen atoms in total. The average Bonchev–Trinajstić information content (AvgIpc) is 2.00. The van der Waals surface area contributed by atoms with Crippen LogP contribution in [0.5, 0.6) is 0 Å². The van der Waals surface area contributed by atoms with Crippen LogP contribution < -0.4 is 5.32 Å². The van der Waals surface area contributed by atoms with Crippen LogP contribution in [0.4, 0.5) is 13.2 Å². The van der Waals surface area contributed by atoms with Crippen LogP contribution in [0.2, 0.25) is 0 Å². The van der Waals surface area contributed by atoms with Crippen molar-refractivity contribution in [2.75, 3.05) is 13.2 Å². The van der Waals surface area contributed by atoms with Gasteiger partial charge in [0.1, 0.15) is 6.67 Å². The Kier molecular flexibility index (Phi) is 4.02. The van der Waals surface area contributed by atoms with Crippen molar-refractivity contribution in [3.63, 3.8) is 0 Å².